The molecular weight excluding hydrogens is 669 g/mol. The molecule has 222 valence electrons. The number of anilines is 3. The monoisotopic (exact) mass is 703 g/mol. The Morgan fingerprint density at radius 2 is 1.81 bits per heavy atom. The van der Waals surface area contributed by atoms with Crippen molar-refractivity contribution in [3.8, 4) is 11.5 Å². The molecule has 0 spiro atoms. The lowest BCUT2D eigenvalue weighted by atomic mass is 10.1. The van der Waals surface area contributed by atoms with Crippen LogP contribution in [0.4, 0.5) is 17.3 Å². The average molecular weight is 704 g/mol. The van der Waals surface area contributed by atoms with Gasteiger partial charge in [-0.15, -0.1) is 11.3 Å². The zero-order chi connectivity index (χ0) is 30.2. The van der Waals surface area contributed by atoms with Crippen molar-refractivity contribution >= 4 is 73.3 Å². The number of thiophene rings is 1. The topological polar surface area (TPSA) is 131 Å². The van der Waals surface area contributed by atoms with E-state index in [2.05, 4.69) is 72.2 Å². The fourth-order valence-corrected chi connectivity index (χ4v) is 6.22. The van der Waals surface area contributed by atoms with E-state index in [1.54, 1.807) is 37.8 Å². The standard InChI is InChI=1S/C29H34IN7O4S/c1-6-37(7-2)12-8-11-31-28(38)18-9-10-22(32-14-18)35-27-26-25(33-16-34-27)19(15-42-26)29(39)36-24-17(3)20(40-4)13-21(41-5)23(24)30/h9-10,13-16H,6-8,11-12H2,1-5H3,(H,31,38)(H,36,39)(H,32,33,34,35). The first-order chi connectivity index (χ1) is 20.3. The molecule has 0 aliphatic heterocycles. The minimum atomic E-state index is -0.312. The Labute approximate surface area is 262 Å². The van der Waals surface area contributed by atoms with Crippen molar-refractivity contribution < 1.29 is 19.1 Å². The van der Waals surface area contributed by atoms with Gasteiger partial charge in [0.15, 0.2) is 5.82 Å². The van der Waals surface area contributed by atoms with Crippen LogP contribution >= 0.6 is 33.9 Å². The van der Waals surface area contributed by atoms with Crippen molar-refractivity contribution in [2.24, 2.45) is 0 Å². The van der Waals surface area contributed by atoms with Crippen LogP contribution in [0.5, 0.6) is 11.5 Å². The third kappa shape index (κ3) is 7.07. The van der Waals surface area contributed by atoms with Crippen molar-refractivity contribution in [1.82, 2.24) is 25.2 Å². The van der Waals surface area contributed by atoms with Gasteiger partial charge in [-0.1, -0.05) is 13.8 Å². The molecule has 42 heavy (non-hydrogen) atoms. The van der Waals surface area contributed by atoms with Crippen LogP contribution in [0.1, 0.15) is 46.5 Å². The number of halogens is 1. The van der Waals surface area contributed by atoms with Crippen LogP contribution in [0.2, 0.25) is 0 Å². The van der Waals surface area contributed by atoms with E-state index in [0.29, 0.717) is 56.7 Å². The highest BCUT2D eigenvalue weighted by Gasteiger charge is 2.21. The van der Waals surface area contributed by atoms with E-state index in [1.807, 2.05) is 6.92 Å². The Hall–Kier alpha value is -3.56. The van der Waals surface area contributed by atoms with Crippen molar-refractivity contribution in [2.45, 2.75) is 27.2 Å². The third-order valence-electron chi connectivity index (χ3n) is 6.82. The van der Waals surface area contributed by atoms with E-state index in [1.165, 1.54) is 23.9 Å². The summed E-state index contributed by atoms with van der Waals surface area (Å²) in [4.78, 5) is 41.4. The number of benzene rings is 1. The van der Waals surface area contributed by atoms with E-state index in [0.717, 1.165) is 35.2 Å². The number of aromatic nitrogens is 3. The van der Waals surface area contributed by atoms with Gasteiger partial charge >= 0.3 is 0 Å². The Morgan fingerprint density at radius 3 is 2.48 bits per heavy atom. The normalized spacial score (nSPS) is 11.0. The summed E-state index contributed by atoms with van der Waals surface area (Å²) in [7, 11) is 3.15. The largest absolute Gasteiger partial charge is 0.496 e. The number of fused-ring (bicyclic) bond motifs is 1. The van der Waals surface area contributed by atoms with Crippen molar-refractivity contribution in [1.29, 1.82) is 0 Å². The van der Waals surface area contributed by atoms with E-state index >= 15 is 0 Å². The first kappa shape index (κ1) is 31.4. The molecular formula is C29H34IN7O4S. The molecule has 0 radical (unpaired) electrons. The van der Waals surface area contributed by atoms with E-state index < -0.39 is 0 Å². The molecule has 4 rings (SSSR count). The SMILES string of the molecule is CCN(CC)CCCNC(=O)c1ccc(Nc2ncnc3c(C(=O)Nc4c(C)c(OC)cc(OC)c4I)csc23)nc1. The Bertz CT molecular complexity index is 1530. The number of carbonyl (C=O) groups is 2. The Morgan fingerprint density at radius 1 is 1.05 bits per heavy atom. The van der Waals surface area contributed by atoms with Crippen LogP contribution < -0.4 is 25.4 Å². The maximum atomic E-state index is 13.4. The van der Waals surface area contributed by atoms with Gasteiger partial charge < -0.3 is 30.3 Å². The second kappa shape index (κ2) is 14.6. The number of nitrogens with zero attached hydrogens (tertiary/aromatic N) is 4. The molecule has 4 aromatic rings. The highest BCUT2D eigenvalue weighted by Crippen LogP contribution is 2.39. The number of nitrogens with one attached hydrogen (secondary N) is 3. The summed E-state index contributed by atoms with van der Waals surface area (Å²) >= 11 is 3.50. The molecule has 0 aliphatic rings. The van der Waals surface area contributed by atoms with Crippen molar-refractivity contribution in [2.75, 3.05) is 51.0 Å². The van der Waals surface area contributed by atoms with Crippen LogP contribution in [0.15, 0.2) is 36.1 Å². The highest BCUT2D eigenvalue weighted by molar-refractivity contribution is 14.1. The molecule has 13 heteroatoms. The summed E-state index contributed by atoms with van der Waals surface area (Å²) in [6, 6.07) is 5.23. The Balaban J connectivity index is 1.46. The summed E-state index contributed by atoms with van der Waals surface area (Å²) in [6.07, 6.45) is 3.81. The molecule has 1 aromatic carbocycles. The number of amides is 2. The molecule has 0 unspecified atom stereocenters. The van der Waals surface area contributed by atoms with Gasteiger partial charge in [-0.05, 0) is 67.7 Å². The number of ether oxygens (including phenoxy) is 2. The minimum absolute atomic E-state index is 0.162. The van der Waals surface area contributed by atoms with E-state index in [-0.39, 0.29) is 11.8 Å². The van der Waals surface area contributed by atoms with Gasteiger partial charge in [0.05, 0.1) is 44.8 Å². The number of carbonyl (C=O) groups excluding carboxylic acids is 2. The molecule has 0 atom stereocenters. The maximum Gasteiger partial charge on any atom is 0.258 e. The third-order valence-corrected chi connectivity index (χ3v) is 8.87. The van der Waals surface area contributed by atoms with Gasteiger partial charge in [-0.3, -0.25) is 9.59 Å². The fourth-order valence-electron chi connectivity index (χ4n) is 4.36. The molecule has 0 fully saturated rings. The minimum Gasteiger partial charge on any atom is -0.496 e. The molecule has 0 bridgehead atoms. The zero-order valence-corrected chi connectivity index (χ0v) is 27.2. The molecule has 0 aliphatic carbocycles. The second-order valence-electron chi connectivity index (χ2n) is 9.29. The maximum absolute atomic E-state index is 13.4. The van der Waals surface area contributed by atoms with Gasteiger partial charge in [-0.2, -0.15) is 0 Å². The van der Waals surface area contributed by atoms with Gasteiger partial charge in [0.25, 0.3) is 11.8 Å². The highest BCUT2D eigenvalue weighted by atomic mass is 127. The Kier molecular flexibility index (Phi) is 10.9. The number of hydrogen-bond donors (Lipinski definition) is 3. The van der Waals surface area contributed by atoms with Crippen LogP contribution in [-0.2, 0) is 0 Å². The predicted octanol–water partition coefficient (Wildman–Crippen LogP) is 5.47. The summed E-state index contributed by atoms with van der Waals surface area (Å²) in [5.74, 6) is 1.76. The molecule has 0 saturated carbocycles. The lowest BCUT2D eigenvalue weighted by Crippen LogP contribution is -2.29. The first-order valence-electron chi connectivity index (χ1n) is 13.5. The second-order valence-corrected chi connectivity index (χ2v) is 11.3. The summed E-state index contributed by atoms with van der Waals surface area (Å²) in [5.41, 5.74) is 2.80. The van der Waals surface area contributed by atoms with Crippen LogP contribution in [0.3, 0.4) is 0 Å². The van der Waals surface area contributed by atoms with Crippen LogP contribution in [0.25, 0.3) is 10.2 Å². The average Bonchev–Trinajstić information content (AvgIpc) is 3.45. The van der Waals surface area contributed by atoms with Gasteiger partial charge in [-0.25, -0.2) is 15.0 Å². The number of pyridine rings is 1. The van der Waals surface area contributed by atoms with Gasteiger partial charge in [0.2, 0.25) is 0 Å². The fraction of sp³-hybridized carbons (Fsp3) is 0.345. The molecule has 2 amide bonds. The first-order valence-corrected chi connectivity index (χ1v) is 15.4. The molecule has 3 N–H and O–H groups in total. The van der Waals surface area contributed by atoms with Gasteiger partial charge in [0, 0.05) is 29.8 Å². The van der Waals surface area contributed by atoms with Crippen LogP contribution in [0, 0.1) is 10.5 Å². The molecule has 3 aromatic heterocycles. The van der Waals surface area contributed by atoms with Crippen molar-refractivity contribution in [3.05, 3.63) is 56.4 Å². The lowest BCUT2D eigenvalue weighted by Gasteiger charge is -2.17. The lowest BCUT2D eigenvalue weighted by molar-refractivity contribution is 0.0950. The molecule has 0 saturated heterocycles. The van der Waals surface area contributed by atoms with E-state index in [4.69, 9.17) is 9.47 Å². The summed E-state index contributed by atoms with van der Waals surface area (Å²) in [5, 5.41) is 10.9. The number of hydrogen-bond acceptors (Lipinski definition) is 10. The van der Waals surface area contributed by atoms with E-state index in [9.17, 15) is 9.59 Å². The smallest absolute Gasteiger partial charge is 0.258 e. The quantitative estimate of drug-likeness (QED) is 0.123. The molecule has 11 nitrogen and oxygen atoms in total. The number of rotatable bonds is 13. The zero-order valence-electron chi connectivity index (χ0n) is 24.2. The molecule has 3 heterocycles. The summed E-state index contributed by atoms with van der Waals surface area (Å²) < 4.78 is 12.4. The van der Waals surface area contributed by atoms with Crippen molar-refractivity contribution in [3.63, 3.8) is 0 Å². The van der Waals surface area contributed by atoms with Crippen LogP contribution in [-0.4, -0.2) is 72.1 Å². The predicted molar refractivity (Wildman–Crippen MR) is 175 cm³/mol. The number of methoxy groups -OCH3 is 2. The van der Waals surface area contributed by atoms with Gasteiger partial charge in [0.1, 0.15) is 23.6 Å². The summed E-state index contributed by atoms with van der Waals surface area (Å²) in [6.45, 7) is 9.69.